The van der Waals surface area contributed by atoms with E-state index in [2.05, 4.69) is 11.7 Å². The van der Waals surface area contributed by atoms with Crippen molar-refractivity contribution in [3.63, 3.8) is 0 Å². The predicted octanol–water partition coefficient (Wildman–Crippen LogP) is 3.00. The molecule has 1 aromatic rings. The van der Waals surface area contributed by atoms with Crippen molar-refractivity contribution < 1.29 is 4.79 Å². The van der Waals surface area contributed by atoms with E-state index in [4.69, 9.17) is 11.6 Å². The SMILES string of the molecule is O=C(Cl)c1ccc(SS)cc1. The fourth-order valence-corrected chi connectivity index (χ4v) is 1.40. The lowest BCUT2D eigenvalue weighted by molar-refractivity contribution is 0.108. The zero-order valence-corrected chi connectivity index (χ0v) is 7.92. The molecule has 0 bridgehead atoms. The number of thiol groups is 1. The molecule has 0 aliphatic heterocycles. The summed E-state index contributed by atoms with van der Waals surface area (Å²) in [5.41, 5.74) is 0.512. The molecule has 0 spiro atoms. The van der Waals surface area contributed by atoms with Crippen molar-refractivity contribution in [2.45, 2.75) is 4.90 Å². The second-order valence-corrected chi connectivity index (χ2v) is 3.43. The van der Waals surface area contributed by atoms with Gasteiger partial charge in [-0.2, -0.15) is 0 Å². The van der Waals surface area contributed by atoms with Crippen LogP contribution in [0, 0.1) is 0 Å². The van der Waals surface area contributed by atoms with Crippen molar-refractivity contribution >= 4 is 39.3 Å². The van der Waals surface area contributed by atoms with Gasteiger partial charge < -0.3 is 0 Å². The van der Waals surface area contributed by atoms with Crippen LogP contribution >= 0.6 is 34.1 Å². The van der Waals surface area contributed by atoms with Crippen LogP contribution in [0.3, 0.4) is 0 Å². The average molecular weight is 205 g/mol. The first-order valence-corrected chi connectivity index (χ1v) is 5.10. The Balaban J connectivity index is 2.91. The molecule has 0 aliphatic rings. The number of halogens is 1. The van der Waals surface area contributed by atoms with E-state index in [0.717, 1.165) is 4.90 Å². The van der Waals surface area contributed by atoms with Crippen molar-refractivity contribution in [3.05, 3.63) is 29.8 Å². The van der Waals surface area contributed by atoms with E-state index in [1.54, 1.807) is 24.3 Å². The van der Waals surface area contributed by atoms with Crippen molar-refractivity contribution in [3.8, 4) is 0 Å². The Morgan fingerprint density at radius 1 is 1.36 bits per heavy atom. The van der Waals surface area contributed by atoms with Gasteiger partial charge >= 0.3 is 0 Å². The van der Waals surface area contributed by atoms with Gasteiger partial charge in [0.15, 0.2) is 0 Å². The van der Waals surface area contributed by atoms with Gasteiger partial charge in [0.1, 0.15) is 0 Å². The number of hydrogen-bond acceptors (Lipinski definition) is 3. The molecule has 0 heterocycles. The van der Waals surface area contributed by atoms with Crippen LogP contribution in [0.2, 0.25) is 0 Å². The van der Waals surface area contributed by atoms with Crippen LogP contribution in [0.4, 0.5) is 0 Å². The molecule has 0 saturated heterocycles. The van der Waals surface area contributed by atoms with Crippen molar-refractivity contribution in [1.82, 2.24) is 0 Å². The molecule has 1 nitrogen and oxygen atoms in total. The van der Waals surface area contributed by atoms with E-state index in [0.29, 0.717) is 5.56 Å². The lowest BCUT2D eigenvalue weighted by Gasteiger charge is -1.94. The molecule has 0 N–H and O–H groups in total. The highest BCUT2D eigenvalue weighted by Crippen LogP contribution is 2.21. The zero-order chi connectivity index (χ0) is 8.27. The fraction of sp³-hybridized carbons (Fsp3) is 0. The monoisotopic (exact) mass is 204 g/mol. The van der Waals surface area contributed by atoms with E-state index in [-0.39, 0.29) is 0 Å². The Morgan fingerprint density at radius 2 is 1.91 bits per heavy atom. The molecular weight excluding hydrogens is 200 g/mol. The molecule has 0 radical (unpaired) electrons. The van der Waals surface area contributed by atoms with Gasteiger partial charge in [0, 0.05) is 10.5 Å². The summed E-state index contributed by atoms with van der Waals surface area (Å²) in [5.74, 6) is 0. The van der Waals surface area contributed by atoms with Gasteiger partial charge in [-0.15, -0.1) is 11.7 Å². The lowest BCUT2D eigenvalue weighted by atomic mass is 10.2. The quantitative estimate of drug-likeness (QED) is 0.453. The Kier molecular flexibility index (Phi) is 3.30. The zero-order valence-electron chi connectivity index (χ0n) is 5.45. The van der Waals surface area contributed by atoms with Crippen LogP contribution in [0.1, 0.15) is 10.4 Å². The van der Waals surface area contributed by atoms with Crippen molar-refractivity contribution in [1.29, 1.82) is 0 Å². The maximum atomic E-state index is 10.6. The van der Waals surface area contributed by atoms with Gasteiger partial charge in [0.05, 0.1) is 0 Å². The summed E-state index contributed by atoms with van der Waals surface area (Å²) in [4.78, 5) is 11.6. The second kappa shape index (κ2) is 4.04. The Labute approximate surface area is 78.9 Å². The number of hydrogen-bond donors (Lipinski definition) is 1. The molecule has 0 fully saturated rings. The van der Waals surface area contributed by atoms with Gasteiger partial charge in [0.25, 0.3) is 5.24 Å². The van der Waals surface area contributed by atoms with Gasteiger partial charge in [0.2, 0.25) is 0 Å². The van der Waals surface area contributed by atoms with Crippen LogP contribution < -0.4 is 0 Å². The van der Waals surface area contributed by atoms with E-state index < -0.39 is 5.24 Å². The van der Waals surface area contributed by atoms with Crippen molar-refractivity contribution in [2.75, 3.05) is 0 Å². The number of carbonyl (C=O) groups excluding carboxylic acids is 1. The van der Waals surface area contributed by atoms with Gasteiger partial charge in [-0.1, -0.05) is 10.8 Å². The second-order valence-electron chi connectivity index (χ2n) is 1.89. The molecule has 0 unspecified atom stereocenters. The summed E-state index contributed by atoms with van der Waals surface area (Å²) >= 11 is 9.23. The summed E-state index contributed by atoms with van der Waals surface area (Å²) in [7, 11) is 1.33. The maximum Gasteiger partial charge on any atom is 0.252 e. The largest absolute Gasteiger partial charge is 0.276 e. The molecule has 0 aromatic heterocycles. The topological polar surface area (TPSA) is 17.1 Å². The third kappa shape index (κ3) is 2.43. The smallest absolute Gasteiger partial charge is 0.252 e. The van der Waals surface area contributed by atoms with E-state index in [1.807, 2.05) is 0 Å². The Bertz CT molecular complexity index is 258. The van der Waals surface area contributed by atoms with E-state index in [9.17, 15) is 4.79 Å². The Morgan fingerprint density at radius 3 is 2.27 bits per heavy atom. The predicted molar refractivity (Wildman–Crippen MR) is 51.5 cm³/mol. The number of carbonyl (C=O) groups is 1. The van der Waals surface area contributed by atoms with Crippen LogP contribution in [0.25, 0.3) is 0 Å². The number of rotatable bonds is 2. The van der Waals surface area contributed by atoms with Crippen LogP contribution in [0.15, 0.2) is 29.2 Å². The molecule has 0 amide bonds. The maximum absolute atomic E-state index is 10.6. The minimum Gasteiger partial charge on any atom is -0.276 e. The summed E-state index contributed by atoms with van der Waals surface area (Å²) in [6.07, 6.45) is 0. The van der Waals surface area contributed by atoms with E-state index in [1.165, 1.54) is 10.8 Å². The molecule has 0 saturated carbocycles. The Hall–Kier alpha value is -0.120. The minimum atomic E-state index is -0.430. The summed E-state index contributed by atoms with van der Waals surface area (Å²) in [6.45, 7) is 0. The van der Waals surface area contributed by atoms with Gasteiger partial charge in [-0.05, 0) is 35.9 Å². The summed E-state index contributed by atoms with van der Waals surface area (Å²) in [6, 6.07) is 6.95. The van der Waals surface area contributed by atoms with Gasteiger partial charge in [-0.25, -0.2) is 0 Å². The minimum absolute atomic E-state index is 0.430. The molecule has 11 heavy (non-hydrogen) atoms. The summed E-state index contributed by atoms with van der Waals surface area (Å²) in [5, 5.41) is -0.430. The summed E-state index contributed by atoms with van der Waals surface area (Å²) < 4.78 is 0. The highest BCUT2D eigenvalue weighted by molar-refractivity contribution is 8.68. The normalized spacial score (nSPS) is 9.64. The molecule has 58 valence electrons. The first-order chi connectivity index (χ1) is 5.24. The average Bonchev–Trinajstić information content (AvgIpc) is 2.05. The highest BCUT2D eigenvalue weighted by Gasteiger charge is 1.99. The van der Waals surface area contributed by atoms with Crippen molar-refractivity contribution in [2.24, 2.45) is 0 Å². The van der Waals surface area contributed by atoms with E-state index >= 15 is 0 Å². The van der Waals surface area contributed by atoms with Crippen LogP contribution in [-0.4, -0.2) is 5.24 Å². The first kappa shape index (κ1) is 8.97. The highest BCUT2D eigenvalue weighted by atomic mass is 35.5. The van der Waals surface area contributed by atoms with Crippen LogP contribution in [-0.2, 0) is 0 Å². The third-order valence-corrected chi connectivity index (χ3v) is 2.52. The fourth-order valence-electron chi connectivity index (χ4n) is 0.647. The lowest BCUT2D eigenvalue weighted by Crippen LogP contribution is -1.86. The van der Waals surface area contributed by atoms with Crippen LogP contribution in [0.5, 0.6) is 0 Å². The molecule has 1 aromatic carbocycles. The molecule has 0 atom stereocenters. The standard InChI is InChI=1S/C7H5ClOS2/c8-7(9)5-1-3-6(11-10)4-2-5/h1-4,10H. The molecule has 4 heteroatoms. The molecular formula is C7H5ClOS2. The molecule has 1 rings (SSSR count). The first-order valence-electron chi connectivity index (χ1n) is 2.85. The third-order valence-electron chi connectivity index (χ3n) is 1.19. The molecule has 0 aliphatic carbocycles. The van der Waals surface area contributed by atoms with Gasteiger partial charge in [-0.3, -0.25) is 4.79 Å². The number of benzene rings is 1.